The molecule has 1 heterocycles. The van der Waals surface area contributed by atoms with E-state index in [-0.39, 0.29) is 5.75 Å². The Balaban J connectivity index is 1.36. The molecule has 0 atom stereocenters. The first-order valence-corrected chi connectivity index (χ1v) is 10.8. The van der Waals surface area contributed by atoms with E-state index in [9.17, 15) is 22.0 Å². The number of alkyl halides is 5. The molecule has 34 heavy (non-hydrogen) atoms. The molecule has 178 valence electrons. The van der Waals surface area contributed by atoms with Gasteiger partial charge in [-0.2, -0.15) is 22.0 Å². The number of hydrogen-bond donors (Lipinski definition) is 2. The maximum absolute atomic E-state index is 13.1. The lowest BCUT2D eigenvalue weighted by atomic mass is 9.98. The number of nitrogens with one attached hydrogen (secondary N) is 2. The van der Waals surface area contributed by atoms with Crippen LogP contribution in [-0.4, -0.2) is 30.2 Å². The van der Waals surface area contributed by atoms with Gasteiger partial charge in [0.05, 0.1) is 0 Å². The number of aromatic nitrogens is 1. The molecular weight excluding hydrogens is 451 g/mol. The van der Waals surface area contributed by atoms with Crippen LogP contribution >= 0.6 is 0 Å². The highest BCUT2D eigenvalue weighted by Gasteiger charge is 2.58. The third kappa shape index (κ3) is 5.39. The maximum atomic E-state index is 13.1. The Hall–Kier alpha value is -3.39. The molecule has 0 bridgehead atoms. The van der Waals surface area contributed by atoms with Crippen LogP contribution in [0.3, 0.4) is 0 Å². The molecule has 0 aliphatic carbocycles. The number of aromatic amines is 1. The van der Waals surface area contributed by atoms with Gasteiger partial charge < -0.3 is 15.0 Å². The fourth-order valence-corrected chi connectivity index (χ4v) is 3.77. The normalized spacial score (nSPS) is 12.3. The Morgan fingerprint density at radius 2 is 1.62 bits per heavy atom. The van der Waals surface area contributed by atoms with Gasteiger partial charge in [0, 0.05) is 23.6 Å². The zero-order valence-electron chi connectivity index (χ0n) is 18.1. The monoisotopic (exact) mass is 474 g/mol. The number of hydrogen-bond acceptors (Lipinski definition) is 2. The quantitative estimate of drug-likeness (QED) is 0.208. The van der Waals surface area contributed by atoms with Gasteiger partial charge in [-0.05, 0) is 53.4 Å². The van der Waals surface area contributed by atoms with Crippen molar-refractivity contribution in [2.24, 2.45) is 0 Å². The number of fused-ring (bicyclic) bond motifs is 1. The standard InChI is InChI=1S/C26H23F5N2O/c27-25(28,26(29,30)31)17-34-21-9-4-6-18(14-21)15-32-13-12-20-16-33-23-11-5-10-22(24(20)23)19-7-2-1-3-8-19/h1-11,14,16,32-33H,12-13,15,17H2. The van der Waals surface area contributed by atoms with Gasteiger partial charge in [-0.25, -0.2) is 0 Å². The van der Waals surface area contributed by atoms with Crippen LogP contribution < -0.4 is 10.1 Å². The summed E-state index contributed by atoms with van der Waals surface area (Å²) in [5, 5.41) is 4.45. The number of rotatable bonds is 9. The molecular formula is C26H23F5N2O. The third-order valence-electron chi connectivity index (χ3n) is 5.51. The van der Waals surface area contributed by atoms with E-state index >= 15 is 0 Å². The smallest absolute Gasteiger partial charge is 0.456 e. The van der Waals surface area contributed by atoms with Crippen molar-refractivity contribution in [3.8, 4) is 16.9 Å². The molecule has 8 heteroatoms. The first kappa shape index (κ1) is 23.8. The largest absolute Gasteiger partial charge is 0.487 e. The molecule has 0 saturated carbocycles. The van der Waals surface area contributed by atoms with Gasteiger partial charge in [-0.15, -0.1) is 0 Å². The van der Waals surface area contributed by atoms with Crippen LogP contribution in [0.25, 0.3) is 22.0 Å². The summed E-state index contributed by atoms with van der Waals surface area (Å²) in [6.07, 6.45) is -2.90. The van der Waals surface area contributed by atoms with Gasteiger partial charge in [0.15, 0.2) is 6.61 Å². The van der Waals surface area contributed by atoms with Crippen molar-refractivity contribution in [1.82, 2.24) is 10.3 Å². The molecule has 0 aliphatic heterocycles. The number of ether oxygens (including phenoxy) is 1. The summed E-state index contributed by atoms with van der Waals surface area (Å²) in [5.41, 5.74) is 5.21. The second-order valence-corrected chi connectivity index (χ2v) is 7.97. The summed E-state index contributed by atoms with van der Waals surface area (Å²) in [4.78, 5) is 3.32. The zero-order chi connectivity index (χ0) is 24.2. The molecule has 1 aromatic heterocycles. The number of benzene rings is 3. The van der Waals surface area contributed by atoms with Crippen LogP contribution in [0.5, 0.6) is 5.75 Å². The predicted molar refractivity (Wildman–Crippen MR) is 122 cm³/mol. The van der Waals surface area contributed by atoms with Crippen molar-refractivity contribution < 1.29 is 26.7 Å². The minimum Gasteiger partial charge on any atom is -0.487 e. The molecule has 0 fully saturated rings. The van der Waals surface area contributed by atoms with E-state index in [2.05, 4.69) is 28.5 Å². The Labute approximate surface area is 193 Å². The summed E-state index contributed by atoms with van der Waals surface area (Å²) >= 11 is 0. The lowest BCUT2D eigenvalue weighted by Gasteiger charge is -2.20. The molecule has 0 amide bonds. The van der Waals surface area contributed by atoms with E-state index < -0.39 is 18.7 Å². The van der Waals surface area contributed by atoms with Crippen LogP contribution in [0.15, 0.2) is 79.0 Å². The topological polar surface area (TPSA) is 37.0 Å². The molecule has 4 aromatic rings. The van der Waals surface area contributed by atoms with Gasteiger partial charge in [0.1, 0.15) is 5.75 Å². The highest BCUT2D eigenvalue weighted by molar-refractivity contribution is 5.97. The molecule has 0 aliphatic rings. The maximum Gasteiger partial charge on any atom is 0.456 e. The highest BCUT2D eigenvalue weighted by Crippen LogP contribution is 2.36. The fraction of sp³-hybridized carbons (Fsp3) is 0.231. The second kappa shape index (κ2) is 9.85. The van der Waals surface area contributed by atoms with Gasteiger partial charge in [0.25, 0.3) is 0 Å². The van der Waals surface area contributed by atoms with Crippen LogP contribution in [0.4, 0.5) is 22.0 Å². The van der Waals surface area contributed by atoms with Gasteiger partial charge in [-0.3, -0.25) is 0 Å². The Morgan fingerprint density at radius 3 is 2.38 bits per heavy atom. The highest BCUT2D eigenvalue weighted by atomic mass is 19.4. The average Bonchev–Trinajstić information content (AvgIpc) is 3.24. The minimum atomic E-state index is -5.64. The third-order valence-corrected chi connectivity index (χ3v) is 5.51. The molecule has 2 N–H and O–H groups in total. The Kier molecular flexibility index (Phi) is 6.88. The minimum absolute atomic E-state index is 0.0349. The summed E-state index contributed by atoms with van der Waals surface area (Å²) in [6, 6.07) is 22.4. The molecule has 4 rings (SSSR count). The Bertz CT molecular complexity index is 1230. The van der Waals surface area contributed by atoms with Crippen molar-refractivity contribution in [3.63, 3.8) is 0 Å². The first-order chi connectivity index (χ1) is 16.2. The summed E-state index contributed by atoms with van der Waals surface area (Å²) in [6.45, 7) is -0.689. The molecule has 0 unspecified atom stereocenters. The van der Waals surface area contributed by atoms with E-state index in [1.54, 1.807) is 12.1 Å². The van der Waals surface area contributed by atoms with Crippen molar-refractivity contribution in [1.29, 1.82) is 0 Å². The van der Waals surface area contributed by atoms with Crippen LogP contribution in [-0.2, 0) is 13.0 Å². The molecule has 3 nitrogen and oxygen atoms in total. The van der Waals surface area contributed by atoms with Crippen molar-refractivity contribution in [2.45, 2.75) is 25.1 Å². The van der Waals surface area contributed by atoms with E-state index in [1.165, 1.54) is 12.1 Å². The Morgan fingerprint density at radius 1 is 0.853 bits per heavy atom. The molecule has 3 aromatic carbocycles. The SMILES string of the molecule is FC(F)(F)C(F)(F)COc1cccc(CNCCc2c[nH]c3cccc(-c4ccccc4)c23)c1. The molecule has 0 spiro atoms. The summed E-state index contributed by atoms with van der Waals surface area (Å²) in [7, 11) is 0. The predicted octanol–water partition coefficient (Wildman–Crippen LogP) is 6.74. The lowest BCUT2D eigenvalue weighted by molar-refractivity contribution is -0.290. The second-order valence-electron chi connectivity index (χ2n) is 7.97. The summed E-state index contributed by atoms with van der Waals surface area (Å²) < 4.78 is 67.8. The number of halogens is 5. The van der Waals surface area contributed by atoms with E-state index in [4.69, 9.17) is 4.74 Å². The molecule has 0 radical (unpaired) electrons. The van der Waals surface area contributed by atoms with E-state index in [1.807, 2.05) is 36.5 Å². The average molecular weight is 474 g/mol. The van der Waals surface area contributed by atoms with Crippen molar-refractivity contribution >= 4 is 10.9 Å². The van der Waals surface area contributed by atoms with Gasteiger partial charge >= 0.3 is 12.1 Å². The lowest BCUT2D eigenvalue weighted by Crippen LogP contribution is -2.41. The van der Waals surface area contributed by atoms with Crippen molar-refractivity contribution in [2.75, 3.05) is 13.2 Å². The fourth-order valence-electron chi connectivity index (χ4n) is 3.77. The molecule has 0 saturated heterocycles. The van der Waals surface area contributed by atoms with Crippen LogP contribution in [0, 0.1) is 0 Å². The number of H-pyrrole nitrogens is 1. The first-order valence-electron chi connectivity index (χ1n) is 10.8. The van der Waals surface area contributed by atoms with Crippen molar-refractivity contribution in [3.05, 3.63) is 90.1 Å². The summed E-state index contributed by atoms with van der Waals surface area (Å²) in [5.74, 6) is -4.94. The van der Waals surface area contributed by atoms with Crippen LogP contribution in [0.1, 0.15) is 11.1 Å². The zero-order valence-corrected chi connectivity index (χ0v) is 18.1. The van der Waals surface area contributed by atoms with E-state index in [0.29, 0.717) is 13.1 Å². The van der Waals surface area contributed by atoms with Crippen LogP contribution in [0.2, 0.25) is 0 Å². The van der Waals surface area contributed by atoms with Gasteiger partial charge in [-0.1, -0.05) is 54.6 Å². The van der Waals surface area contributed by atoms with Gasteiger partial charge in [0.2, 0.25) is 0 Å². The van der Waals surface area contributed by atoms with E-state index in [0.717, 1.165) is 39.6 Å².